The summed E-state index contributed by atoms with van der Waals surface area (Å²) in [5.41, 5.74) is 0.527. The fourth-order valence-electron chi connectivity index (χ4n) is 2.53. The summed E-state index contributed by atoms with van der Waals surface area (Å²) in [6.45, 7) is 5.74. The monoisotopic (exact) mass is 319 g/mol. The number of ketones is 1. The van der Waals surface area contributed by atoms with Gasteiger partial charge in [-0.05, 0) is 56.2 Å². The normalized spacial score (nSPS) is 16.8. The van der Waals surface area contributed by atoms with Gasteiger partial charge in [0.15, 0.2) is 11.5 Å². The molecule has 0 fully saturated rings. The molecule has 1 amide bonds. The summed E-state index contributed by atoms with van der Waals surface area (Å²) in [5.74, 6) is -0.466. The second kappa shape index (κ2) is 6.46. The lowest BCUT2D eigenvalue weighted by Gasteiger charge is -2.38. The number of hydrogen-bond acceptors (Lipinski definition) is 3. The third-order valence-corrected chi connectivity index (χ3v) is 3.93. The van der Waals surface area contributed by atoms with E-state index in [9.17, 15) is 9.59 Å². The summed E-state index contributed by atoms with van der Waals surface area (Å²) in [5, 5.41) is 3.24. The molecule has 1 aromatic carbocycles. The Morgan fingerprint density at radius 3 is 2.36 bits per heavy atom. The van der Waals surface area contributed by atoms with Crippen LogP contribution in [0.5, 0.6) is 0 Å². The number of hydrogen-bond donors (Lipinski definition) is 1. The van der Waals surface area contributed by atoms with Crippen LogP contribution in [-0.4, -0.2) is 24.0 Å². The van der Waals surface area contributed by atoms with Crippen molar-refractivity contribution < 1.29 is 14.3 Å². The maximum absolute atomic E-state index is 12.6. The number of benzene rings is 1. The number of halogens is 1. The Balaban J connectivity index is 2.40. The molecule has 4 nitrogen and oxygen atoms in total. The van der Waals surface area contributed by atoms with Gasteiger partial charge in [0.25, 0.3) is 5.91 Å². The maximum atomic E-state index is 12.6. The second-order valence-electron chi connectivity index (χ2n) is 5.11. The Morgan fingerprint density at radius 2 is 1.82 bits per heavy atom. The van der Waals surface area contributed by atoms with E-state index in [1.807, 2.05) is 6.92 Å². The molecule has 22 heavy (non-hydrogen) atoms. The third kappa shape index (κ3) is 2.98. The third-order valence-electron chi connectivity index (χ3n) is 3.60. The minimum Gasteiger partial charge on any atom is -0.348 e. The van der Waals surface area contributed by atoms with E-state index in [0.717, 1.165) is 0 Å². The van der Waals surface area contributed by atoms with Crippen molar-refractivity contribution in [2.75, 3.05) is 6.61 Å². The van der Waals surface area contributed by atoms with Crippen molar-refractivity contribution in [1.82, 2.24) is 5.32 Å². The number of carbonyl (C=O) groups excluding carboxylic acids is 2. The van der Waals surface area contributed by atoms with Crippen LogP contribution in [0.15, 0.2) is 47.6 Å². The van der Waals surface area contributed by atoms with E-state index in [4.69, 9.17) is 16.3 Å². The highest BCUT2D eigenvalue weighted by atomic mass is 35.5. The molecule has 0 heterocycles. The fourth-order valence-corrected chi connectivity index (χ4v) is 2.75. The van der Waals surface area contributed by atoms with Gasteiger partial charge in [0.05, 0.1) is 10.6 Å². The number of rotatable bonds is 4. The Kier molecular flexibility index (Phi) is 4.84. The van der Waals surface area contributed by atoms with Crippen molar-refractivity contribution in [2.24, 2.45) is 0 Å². The molecule has 2 rings (SSSR count). The van der Waals surface area contributed by atoms with E-state index in [2.05, 4.69) is 5.32 Å². The molecule has 1 aromatic rings. The van der Waals surface area contributed by atoms with Gasteiger partial charge >= 0.3 is 0 Å². The number of amides is 1. The van der Waals surface area contributed by atoms with Crippen LogP contribution in [-0.2, 0) is 9.53 Å². The topological polar surface area (TPSA) is 55.4 Å². The molecule has 1 aliphatic carbocycles. The lowest BCUT2D eigenvalue weighted by Crippen LogP contribution is -2.54. The van der Waals surface area contributed by atoms with E-state index >= 15 is 0 Å². The van der Waals surface area contributed by atoms with Gasteiger partial charge in [-0.2, -0.15) is 0 Å². The average Bonchev–Trinajstić information content (AvgIpc) is 2.45. The van der Waals surface area contributed by atoms with E-state index in [1.54, 1.807) is 38.1 Å². The summed E-state index contributed by atoms with van der Waals surface area (Å²) in [6.07, 6.45) is 2.94. The maximum Gasteiger partial charge on any atom is 0.255 e. The van der Waals surface area contributed by atoms with Crippen molar-refractivity contribution >= 4 is 23.3 Å². The van der Waals surface area contributed by atoms with Crippen LogP contribution in [0.25, 0.3) is 0 Å². The lowest BCUT2D eigenvalue weighted by atomic mass is 9.89. The molecular formula is C17H18ClNO3. The summed E-state index contributed by atoms with van der Waals surface area (Å²) in [7, 11) is 0. The van der Waals surface area contributed by atoms with Gasteiger partial charge < -0.3 is 10.1 Å². The molecule has 0 spiro atoms. The molecule has 0 radical (unpaired) electrons. The van der Waals surface area contributed by atoms with Crippen LogP contribution in [0.3, 0.4) is 0 Å². The first-order chi connectivity index (χ1) is 10.4. The minimum absolute atomic E-state index is 0.114. The molecule has 116 valence electrons. The van der Waals surface area contributed by atoms with Gasteiger partial charge in [0.2, 0.25) is 0 Å². The first-order valence-corrected chi connectivity index (χ1v) is 7.41. The average molecular weight is 320 g/mol. The van der Waals surface area contributed by atoms with Gasteiger partial charge in [-0.25, -0.2) is 0 Å². The number of nitrogens with one attached hydrogen (secondary N) is 1. The molecule has 0 atom stereocenters. The second-order valence-corrected chi connectivity index (χ2v) is 5.51. The first-order valence-electron chi connectivity index (χ1n) is 7.03. The van der Waals surface area contributed by atoms with E-state index < -0.39 is 5.72 Å². The van der Waals surface area contributed by atoms with Crippen molar-refractivity contribution in [3.8, 4) is 0 Å². The van der Waals surface area contributed by atoms with Crippen LogP contribution in [0, 0.1) is 0 Å². The van der Waals surface area contributed by atoms with Gasteiger partial charge in [-0.1, -0.05) is 23.7 Å². The molecule has 0 unspecified atom stereocenters. The van der Waals surface area contributed by atoms with Crippen molar-refractivity contribution in [3.63, 3.8) is 0 Å². The van der Waals surface area contributed by atoms with Gasteiger partial charge in [-0.3, -0.25) is 9.59 Å². The Labute approximate surface area is 134 Å². The van der Waals surface area contributed by atoms with Crippen molar-refractivity contribution in [3.05, 3.63) is 58.1 Å². The summed E-state index contributed by atoms with van der Waals surface area (Å²) >= 11 is 6.07. The summed E-state index contributed by atoms with van der Waals surface area (Å²) < 4.78 is 5.81. The predicted octanol–water partition coefficient (Wildman–Crippen LogP) is 3.28. The molecule has 1 aliphatic rings. The fraction of sp³-hybridized carbons (Fsp3) is 0.294. The number of carbonyl (C=O) groups is 2. The zero-order chi connectivity index (χ0) is 16.3. The van der Waals surface area contributed by atoms with Gasteiger partial charge in [0.1, 0.15) is 0 Å². The molecule has 0 aliphatic heterocycles. The Morgan fingerprint density at radius 1 is 1.23 bits per heavy atom. The summed E-state index contributed by atoms with van der Waals surface area (Å²) in [6, 6.07) is 6.79. The highest BCUT2D eigenvalue weighted by Crippen LogP contribution is 2.31. The van der Waals surface area contributed by atoms with E-state index in [-0.39, 0.29) is 11.7 Å². The lowest BCUT2D eigenvalue weighted by molar-refractivity contribution is -0.111. The van der Waals surface area contributed by atoms with Crippen LogP contribution in [0.1, 0.15) is 31.1 Å². The van der Waals surface area contributed by atoms with E-state index in [1.165, 1.54) is 12.2 Å². The standard InChI is InChI=1S/C17H18ClNO3/c1-4-22-17(11(2)9-13(20)10-12(17)3)19-16(21)14-7-5-6-8-15(14)18/h5-10H,4H2,1-3H3,(H,19,21). The first kappa shape index (κ1) is 16.5. The van der Waals surface area contributed by atoms with Crippen LogP contribution < -0.4 is 5.32 Å². The Hall–Kier alpha value is -1.91. The molecule has 0 saturated heterocycles. The molecule has 1 N–H and O–H groups in total. The van der Waals surface area contributed by atoms with Crippen molar-refractivity contribution in [2.45, 2.75) is 26.5 Å². The smallest absolute Gasteiger partial charge is 0.255 e. The SMILES string of the molecule is CCOC1(NC(=O)c2ccccc2Cl)C(C)=CC(=O)C=C1C. The minimum atomic E-state index is -1.11. The number of ether oxygens (including phenoxy) is 1. The zero-order valence-corrected chi connectivity index (χ0v) is 13.5. The van der Waals surface area contributed by atoms with Crippen LogP contribution in [0.4, 0.5) is 0 Å². The molecule has 0 aromatic heterocycles. The summed E-state index contributed by atoms with van der Waals surface area (Å²) in [4.78, 5) is 24.2. The van der Waals surface area contributed by atoms with Gasteiger partial charge in [0, 0.05) is 6.61 Å². The van der Waals surface area contributed by atoms with Crippen LogP contribution in [0.2, 0.25) is 5.02 Å². The largest absolute Gasteiger partial charge is 0.348 e. The molecule has 0 bridgehead atoms. The quantitative estimate of drug-likeness (QED) is 0.866. The molecular weight excluding hydrogens is 302 g/mol. The Bertz CT molecular complexity index is 654. The van der Waals surface area contributed by atoms with Crippen LogP contribution >= 0.6 is 11.6 Å². The van der Waals surface area contributed by atoms with Gasteiger partial charge in [-0.15, -0.1) is 0 Å². The zero-order valence-electron chi connectivity index (χ0n) is 12.8. The number of allylic oxidation sites excluding steroid dienone is 2. The molecule has 5 heteroatoms. The molecule has 0 saturated carbocycles. The highest BCUT2D eigenvalue weighted by molar-refractivity contribution is 6.33. The van der Waals surface area contributed by atoms with Crippen molar-refractivity contribution in [1.29, 1.82) is 0 Å². The highest BCUT2D eigenvalue weighted by Gasteiger charge is 2.39. The predicted molar refractivity (Wildman–Crippen MR) is 85.8 cm³/mol. The van der Waals surface area contributed by atoms with E-state index in [0.29, 0.717) is 28.3 Å².